The molecule has 3 N–H and O–H groups in total. The number of nitrogens with two attached hydrogens (primary N) is 1. The third-order valence-corrected chi connectivity index (χ3v) is 4.87. The van der Waals surface area contributed by atoms with E-state index in [0.29, 0.717) is 16.5 Å². The van der Waals surface area contributed by atoms with Crippen LogP contribution in [0.5, 0.6) is 0 Å². The Morgan fingerprint density at radius 2 is 2.25 bits per heavy atom. The number of nitrogen functional groups attached to an aromatic ring is 1. The largest absolute Gasteiger partial charge is 0.399 e. The third-order valence-electron chi connectivity index (χ3n) is 3.47. The maximum Gasteiger partial charge on any atom is 0.255 e. The average molecular weight is 293 g/mol. The molecule has 1 saturated heterocycles. The molecule has 1 aliphatic heterocycles. The topological polar surface area (TPSA) is 58.4 Å². The fourth-order valence-corrected chi connectivity index (χ4v) is 3.57. The first-order valence-corrected chi connectivity index (χ1v) is 8.09. The van der Waals surface area contributed by atoms with Crippen LogP contribution in [0.2, 0.25) is 0 Å². The van der Waals surface area contributed by atoms with Gasteiger partial charge >= 0.3 is 0 Å². The van der Waals surface area contributed by atoms with Gasteiger partial charge in [0.25, 0.3) is 5.91 Å². The minimum Gasteiger partial charge on any atom is -0.399 e. The molecule has 110 valence electrons. The second kappa shape index (κ2) is 6.88. The number of amides is 1. The molecule has 0 spiro atoms. The van der Waals surface area contributed by atoms with Gasteiger partial charge in [-0.2, -0.15) is 11.8 Å². The Morgan fingerprint density at radius 1 is 1.45 bits per heavy atom. The van der Waals surface area contributed by atoms with Gasteiger partial charge < -0.3 is 16.0 Å². The predicted octanol–water partition coefficient (Wildman–Crippen LogP) is 2.67. The lowest BCUT2D eigenvalue weighted by atomic mass is 10.1. The van der Waals surface area contributed by atoms with E-state index in [1.54, 1.807) is 31.1 Å². The summed E-state index contributed by atoms with van der Waals surface area (Å²) in [5.74, 6) is 1.25. The van der Waals surface area contributed by atoms with Gasteiger partial charge in [-0.15, -0.1) is 0 Å². The number of carbonyl (C=O) groups excluding carboxylic acids is 1. The van der Waals surface area contributed by atoms with Gasteiger partial charge in [0.15, 0.2) is 0 Å². The maximum absolute atomic E-state index is 12.2. The summed E-state index contributed by atoms with van der Waals surface area (Å²) in [5.41, 5.74) is 8.05. The van der Waals surface area contributed by atoms with E-state index in [2.05, 4.69) is 5.32 Å². The molecule has 0 radical (unpaired) electrons. The van der Waals surface area contributed by atoms with Crippen molar-refractivity contribution in [3.05, 3.63) is 23.8 Å². The van der Waals surface area contributed by atoms with Crippen molar-refractivity contribution < 1.29 is 4.79 Å². The van der Waals surface area contributed by atoms with Crippen LogP contribution in [0.25, 0.3) is 0 Å². The van der Waals surface area contributed by atoms with Crippen LogP contribution in [-0.2, 0) is 0 Å². The molecule has 1 fully saturated rings. The Hall–Kier alpha value is -1.36. The highest BCUT2D eigenvalue weighted by atomic mass is 32.2. The van der Waals surface area contributed by atoms with E-state index in [9.17, 15) is 4.79 Å². The van der Waals surface area contributed by atoms with Gasteiger partial charge in [-0.25, -0.2) is 0 Å². The Balaban J connectivity index is 2.08. The fourth-order valence-electron chi connectivity index (χ4n) is 2.33. The molecule has 1 atom stereocenters. The highest BCUT2D eigenvalue weighted by molar-refractivity contribution is 7.99. The fraction of sp³-hybridized carbons (Fsp3) is 0.533. The number of anilines is 2. The number of rotatable bonds is 4. The molecule has 0 aromatic heterocycles. The van der Waals surface area contributed by atoms with Crippen molar-refractivity contribution in [2.75, 3.05) is 37.4 Å². The monoisotopic (exact) mass is 293 g/mol. The number of benzene rings is 1. The summed E-state index contributed by atoms with van der Waals surface area (Å²) in [4.78, 5) is 13.8. The Bertz CT molecular complexity index is 470. The molecule has 1 aromatic rings. The standard InChI is InChI=1S/C15H23N3OS/c1-18(2)15(19)13-7-6-11(16)9-14(13)17-10-12-5-3-4-8-20-12/h6-7,9,12,17H,3-5,8,10,16H2,1-2H3. The first-order valence-electron chi connectivity index (χ1n) is 7.04. The smallest absolute Gasteiger partial charge is 0.255 e. The molecule has 0 saturated carbocycles. The molecular formula is C15H23N3OS. The molecule has 0 aliphatic carbocycles. The number of carbonyl (C=O) groups is 1. The predicted molar refractivity (Wildman–Crippen MR) is 87.5 cm³/mol. The van der Waals surface area contributed by atoms with Crippen molar-refractivity contribution in [3.8, 4) is 0 Å². The Labute approximate surface area is 125 Å². The summed E-state index contributed by atoms with van der Waals surface area (Å²) in [6.45, 7) is 0.891. The first kappa shape index (κ1) is 15.0. The van der Waals surface area contributed by atoms with E-state index in [1.807, 2.05) is 17.8 Å². The van der Waals surface area contributed by atoms with Crippen molar-refractivity contribution >= 4 is 29.0 Å². The lowest BCUT2D eigenvalue weighted by Gasteiger charge is -2.23. The van der Waals surface area contributed by atoms with Crippen LogP contribution in [0.1, 0.15) is 29.6 Å². The molecule has 2 rings (SSSR count). The summed E-state index contributed by atoms with van der Waals surface area (Å²) in [7, 11) is 3.53. The number of hydrogen-bond donors (Lipinski definition) is 2. The molecule has 4 nitrogen and oxygen atoms in total. The van der Waals surface area contributed by atoms with E-state index in [0.717, 1.165) is 12.2 Å². The molecule has 1 aliphatic rings. The lowest BCUT2D eigenvalue weighted by Crippen LogP contribution is -2.25. The van der Waals surface area contributed by atoms with E-state index in [-0.39, 0.29) is 5.91 Å². The number of nitrogens with zero attached hydrogens (tertiary/aromatic N) is 1. The van der Waals surface area contributed by atoms with Crippen molar-refractivity contribution in [2.45, 2.75) is 24.5 Å². The second-order valence-corrected chi connectivity index (χ2v) is 6.78. The van der Waals surface area contributed by atoms with Crippen molar-refractivity contribution in [1.29, 1.82) is 0 Å². The normalized spacial score (nSPS) is 18.6. The van der Waals surface area contributed by atoms with E-state index in [1.165, 1.54) is 25.0 Å². The molecule has 0 bridgehead atoms. The molecule has 1 heterocycles. The Kier molecular flexibility index (Phi) is 5.17. The molecule has 1 unspecified atom stereocenters. The molecule has 1 aromatic carbocycles. The van der Waals surface area contributed by atoms with E-state index in [4.69, 9.17) is 5.73 Å². The molecule has 1 amide bonds. The molecule has 5 heteroatoms. The number of nitrogens with one attached hydrogen (secondary N) is 1. The lowest BCUT2D eigenvalue weighted by molar-refractivity contribution is 0.0828. The molecule has 20 heavy (non-hydrogen) atoms. The van der Waals surface area contributed by atoms with Gasteiger partial charge in [0.05, 0.1) is 5.56 Å². The highest BCUT2D eigenvalue weighted by Crippen LogP contribution is 2.26. The van der Waals surface area contributed by atoms with Crippen LogP contribution in [0.15, 0.2) is 18.2 Å². The van der Waals surface area contributed by atoms with Crippen LogP contribution in [0, 0.1) is 0 Å². The zero-order valence-electron chi connectivity index (χ0n) is 12.2. The van der Waals surface area contributed by atoms with Crippen LogP contribution in [0.4, 0.5) is 11.4 Å². The molecular weight excluding hydrogens is 270 g/mol. The minimum atomic E-state index is 0.00352. The van der Waals surface area contributed by atoms with Gasteiger partial charge in [0.1, 0.15) is 0 Å². The highest BCUT2D eigenvalue weighted by Gasteiger charge is 2.17. The van der Waals surface area contributed by atoms with Crippen molar-refractivity contribution in [3.63, 3.8) is 0 Å². The summed E-state index contributed by atoms with van der Waals surface area (Å²) in [6, 6.07) is 5.43. The SMILES string of the molecule is CN(C)C(=O)c1ccc(N)cc1NCC1CCCCS1. The van der Waals surface area contributed by atoms with Gasteiger partial charge in [0, 0.05) is 37.3 Å². The van der Waals surface area contributed by atoms with Gasteiger partial charge in [-0.1, -0.05) is 6.42 Å². The van der Waals surface area contributed by atoms with Gasteiger partial charge in [-0.3, -0.25) is 4.79 Å². The van der Waals surface area contributed by atoms with Crippen LogP contribution in [0.3, 0.4) is 0 Å². The van der Waals surface area contributed by atoms with E-state index >= 15 is 0 Å². The van der Waals surface area contributed by atoms with Gasteiger partial charge in [0.2, 0.25) is 0 Å². The Morgan fingerprint density at radius 3 is 2.90 bits per heavy atom. The van der Waals surface area contributed by atoms with Crippen molar-refractivity contribution in [2.24, 2.45) is 0 Å². The average Bonchev–Trinajstić information content (AvgIpc) is 2.45. The summed E-state index contributed by atoms with van der Waals surface area (Å²) < 4.78 is 0. The summed E-state index contributed by atoms with van der Waals surface area (Å²) in [5, 5.41) is 4.04. The van der Waals surface area contributed by atoms with Crippen LogP contribution < -0.4 is 11.1 Å². The van der Waals surface area contributed by atoms with E-state index < -0.39 is 0 Å². The number of thioether (sulfide) groups is 1. The van der Waals surface area contributed by atoms with Crippen LogP contribution >= 0.6 is 11.8 Å². The quantitative estimate of drug-likeness (QED) is 0.838. The second-order valence-electron chi connectivity index (χ2n) is 5.37. The van der Waals surface area contributed by atoms with Crippen molar-refractivity contribution in [1.82, 2.24) is 4.90 Å². The summed E-state index contributed by atoms with van der Waals surface area (Å²) in [6.07, 6.45) is 3.88. The zero-order chi connectivity index (χ0) is 14.5. The summed E-state index contributed by atoms with van der Waals surface area (Å²) >= 11 is 2.02. The zero-order valence-corrected chi connectivity index (χ0v) is 13.0. The van der Waals surface area contributed by atoms with Gasteiger partial charge in [-0.05, 0) is 36.8 Å². The minimum absolute atomic E-state index is 0.00352. The van der Waals surface area contributed by atoms with Crippen LogP contribution in [-0.4, -0.2) is 42.4 Å². The first-order chi connectivity index (χ1) is 9.58. The number of hydrogen-bond acceptors (Lipinski definition) is 4. The maximum atomic E-state index is 12.2. The third kappa shape index (κ3) is 3.82.